The largest absolute Gasteiger partial charge is 0.317 e. The Morgan fingerprint density at radius 1 is 1.00 bits per heavy atom. The van der Waals surface area contributed by atoms with Gasteiger partial charge in [0.15, 0.2) is 0 Å². The van der Waals surface area contributed by atoms with E-state index >= 15 is 0 Å². The second-order valence-electron chi connectivity index (χ2n) is 3.98. The Morgan fingerprint density at radius 2 is 1.69 bits per heavy atom. The first-order chi connectivity index (χ1) is 7.72. The fourth-order valence-corrected chi connectivity index (χ4v) is 2.21. The molecule has 0 heterocycles. The summed E-state index contributed by atoms with van der Waals surface area (Å²) in [4.78, 5) is 0. The van der Waals surface area contributed by atoms with Crippen LogP contribution in [0.3, 0.4) is 0 Å². The average molecular weight is 260 g/mol. The number of benzene rings is 1. The van der Waals surface area contributed by atoms with E-state index in [9.17, 15) is 0 Å². The van der Waals surface area contributed by atoms with Gasteiger partial charge in [0.25, 0.3) is 0 Å². The predicted octanol–water partition coefficient (Wildman–Crippen LogP) is 4.32. The van der Waals surface area contributed by atoms with Crippen molar-refractivity contribution < 1.29 is 0 Å². The molecule has 0 saturated carbocycles. The highest BCUT2D eigenvalue weighted by Crippen LogP contribution is 2.20. The third-order valence-corrected chi connectivity index (χ3v) is 2.85. The molecule has 0 spiro atoms. The van der Waals surface area contributed by atoms with E-state index in [1.54, 1.807) is 6.07 Å². The van der Waals surface area contributed by atoms with Gasteiger partial charge in [-0.3, -0.25) is 0 Å². The Morgan fingerprint density at radius 3 is 2.31 bits per heavy atom. The molecule has 0 aliphatic heterocycles. The number of rotatable bonds is 7. The Hall–Kier alpha value is -0.240. The Labute approximate surface area is 108 Å². The molecule has 1 rings (SSSR count). The van der Waals surface area contributed by atoms with Crippen LogP contribution in [-0.2, 0) is 6.42 Å². The zero-order valence-electron chi connectivity index (χ0n) is 9.73. The third kappa shape index (κ3) is 5.74. The molecule has 1 aromatic rings. The van der Waals surface area contributed by atoms with Crippen molar-refractivity contribution in [3.63, 3.8) is 0 Å². The molecule has 0 radical (unpaired) electrons. The first-order valence-corrected chi connectivity index (χ1v) is 6.63. The minimum absolute atomic E-state index is 0.728. The molecule has 1 N–H and O–H groups in total. The summed E-state index contributed by atoms with van der Waals surface area (Å²) < 4.78 is 0. The molecule has 0 aromatic heterocycles. The SMILES string of the molecule is CCCNCCCCc1cc(Cl)cc(Cl)c1. The number of hydrogen-bond acceptors (Lipinski definition) is 1. The zero-order chi connectivity index (χ0) is 11.8. The molecular formula is C13H19Cl2N. The third-order valence-electron chi connectivity index (χ3n) is 2.42. The monoisotopic (exact) mass is 259 g/mol. The summed E-state index contributed by atoms with van der Waals surface area (Å²) in [5.74, 6) is 0. The Bertz CT molecular complexity index is 293. The van der Waals surface area contributed by atoms with E-state index < -0.39 is 0 Å². The average Bonchev–Trinajstić information content (AvgIpc) is 2.22. The zero-order valence-corrected chi connectivity index (χ0v) is 11.2. The Kier molecular flexibility index (Phi) is 6.86. The first-order valence-electron chi connectivity index (χ1n) is 5.88. The second kappa shape index (κ2) is 7.94. The van der Waals surface area contributed by atoms with E-state index in [1.165, 1.54) is 24.8 Å². The van der Waals surface area contributed by atoms with Gasteiger partial charge in [-0.25, -0.2) is 0 Å². The minimum Gasteiger partial charge on any atom is -0.317 e. The maximum Gasteiger partial charge on any atom is 0.0423 e. The quantitative estimate of drug-likeness (QED) is 0.720. The summed E-state index contributed by atoms with van der Waals surface area (Å²) in [5, 5.41) is 4.85. The molecule has 1 nitrogen and oxygen atoms in total. The van der Waals surface area contributed by atoms with Gasteiger partial charge in [-0.1, -0.05) is 30.1 Å². The molecule has 0 aliphatic carbocycles. The van der Waals surface area contributed by atoms with E-state index in [1.807, 2.05) is 12.1 Å². The van der Waals surface area contributed by atoms with Crippen molar-refractivity contribution in [2.45, 2.75) is 32.6 Å². The highest BCUT2D eigenvalue weighted by Gasteiger charge is 1.98. The van der Waals surface area contributed by atoms with Gasteiger partial charge in [0, 0.05) is 10.0 Å². The summed E-state index contributed by atoms with van der Waals surface area (Å²) >= 11 is 11.9. The molecule has 16 heavy (non-hydrogen) atoms. The normalized spacial score (nSPS) is 10.7. The molecule has 0 fully saturated rings. The van der Waals surface area contributed by atoms with Gasteiger partial charge < -0.3 is 5.32 Å². The van der Waals surface area contributed by atoms with E-state index in [0.29, 0.717) is 0 Å². The second-order valence-corrected chi connectivity index (χ2v) is 4.86. The van der Waals surface area contributed by atoms with Crippen molar-refractivity contribution in [1.29, 1.82) is 0 Å². The van der Waals surface area contributed by atoms with Crippen LogP contribution in [0.1, 0.15) is 31.7 Å². The van der Waals surface area contributed by atoms with Crippen LogP contribution in [0.5, 0.6) is 0 Å². The number of unbranched alkanes of at least 4 members (excludes halogenated alkanes) is 1. The van der Waals surface area contributed by atoms with Crippen molar-refractivity contribution in [3.8, 4) is 0 Å². The van der Waals surface area contributed by atoms with Gasteiger partial charge in [-0.05, 0) is 62.5 Å². The van der Waals surface area contributed by atoms with Crippen molar-refractivity contribution in [2.24, 2.45) is 0 Å². The van der Waals surface area contributed by atoms with Gasteiger partial charge in [-0.15, -0.1) is 0 Å². The van der Waals surface area contributed by atoms with Crippen LogP contribution in [0, 0.1) is 0 Å². The minimum atomic E-state index is 0.728. The lowest BCUT2D eigenvalue weighted by Gasteiger charge is -2.04. The number of halogens is 2. The van der Waals surface area contributed by atoms with E-state index in [2.05, 4.69) is 12.2 Å². The fraction of sp³-hybridized carbons (Fsp3) is 0.538. The van der Waals surface area contributed by atoms with E-state index in [0.717, 1.165) is 29.6 Å². The highest BCUT2D eigenvalue weighted by molar-refractivity contribution is 6.34. The molecule has 0 atom stereocenters. The van der Waals surface area contributed by atoms with Gasteiger partial charge >= 0.3 is 0 Å². The van der Waals surface area contributed by atoms with Crippen LogP contribution >= 0.6 is 23.2 Å². The van der Waals surface area contributed by atoms with Crippen LogP contribution in [0.4, 0.5) is 0 Å². The fourth-order valence-electron chi connectivity index (χ4n) is 1.64. The number of aryl methyl sites for hydroxylation is 1. The maximum absolute atomic E-state index is 5.93. The van der Waals surface area contributed by atoms with E-state index in [4.69, 9.17) is 23.2 Å². The summed E-state index contributed by atoms with van der Waals surface area (Å²) in [5.41, 5.74) is 1.23. The van der Waals surface area contributed by atoms with Gasteiger partial charge in [0.2, 0.25) is 0 Å². The van der Waals surface area contributed by atoms with Gasteiger partial charge in [0.1, 0.15) is 0 Å². The molecule has 3 heteroatoms. The molecule has 0 bridgehead atoms. The molecule has 0 saturated heterocycles. The number of nitrogens with one attached hydrogen (secondary N) is 1. The molecule has 1 aromatic carbocycles. The van der Waals surface area contributed by atoms with E-state index in [-0.39, 0.29) is 0 Å². The summed E-state index contributed by atoms with van der Waals surface area (Å²) in [6.07, 6.45) is 4.62. The molecule has 90 valence electrons. The lowest BCUT2D eigenvalue weighted by molar-refractivity contribution is 0.617. The van der Waals surface area contributed by atoms with Crippen molar-refractivity contribution in [3.05, 3.63) is 33.8 Å². The lowest BCUT2D eigenvalue weighted by atomic mass is 10.1. The van der Waals surface area contributed by atoms with Crippen molar-refractivity contribution in [1.82, 2.24) is 5.32 Å². The summed E-state index contributed by atoms with van der Waals surface area (Å²) in [7, 11) is 0. The highest BCUT2D eigenvalue weighted by atomic mass is 35.5. The molecule has 0 unspecified atom stereocenters. The van der Waals surface area contributed by atoms with Crippen molar-refractivity contribution in [2.75, 3.05) is 13.1 Å². The summed E-state index contributed by atoms with van der Waals surface area (Å²) in [6, 6.07) is 5.76. The standard InChI is InChI=1S/C13H19Cl2N/c1-2-6-16-7-4-3-5-11-8-12(14)10-13(15)9-11/h8-10,16H,2-7H2,1H3. The van der Waals surface area contributed by atoms with Crippen LogP contribution in [0.2, 0.25) is 10.0 Å². The topological polar surface area (TPSA) is 12.0 Å². The van der Waals surface area contributed by atoms with Gasteiger partial charge in [-0.2, -0.15) is 0 Å². The van der Waals surface area contributed by atoms with Crippen LogP contribution < -0.4 is 5.32 Å². The lowest BCUT2D eigenvalue weighted by Crippen LogP contribution is -2.15. The molecule has 0 amide bonds. The first kappa shape index (κ1) is 13.8. The Balaban J connectivity index is 2.21. The van der Waals surface area contributed by atoms with Crippen LogP contribution in [0.15, 0.2) is 18.2 Å². The smallest absolute Gasteiger partial charge is 0.0423 e. The maximum atomic E-state index is 5.93. The molecule has 0 aliphatic rings. The van der Waals surface area contributed by atoms with Crippen LogP contribution in [0.25, 0.3) is 0 Å². The number of hydrogen-bond donors (Lipinski definition) is 1. The van der Waals surface area contributed by atoms with Gasteiger partial charge in [0.05, 0.1) is 0 Å². The molecular weight excluding hydrogens is 241 g/mol. The van der Waals surface area contributed by atoms with Crippen molar-refractivity contribution >= 4 is 23.2 Å². The predicted molar refractivity (Wildman–Crippen MR) is 72.6 cm³/mol. The van der Waals surface area contributed by atoms with Crippen LogP contribution in [-0.4, -0.2) is 13.1 Å². The summed E-state index contributed by atoms with van der Waals surface area (Å²) in [6.45, 7) is 4.39.